The molecule has 7 nitrogen and oxygen atoms in total. The summed E-state index contributed by atoms with van der Waals surface area (Å²) in [6, 6.07) is 1.55. The highest BCUT2D eigenvalue weighted by atomic mass is 16.6. The molecule has 0 unspecified atom stereocenters. The second-order valence-corrected chi connectivity index (χ2v) is 3.03. The first-order valence-corrected chi connectivity index (χ1v) is 5.33. The van der Waals surface area contributed by atoms with Crippen molar-refractivity contribution in [3.8, 4) is 5.75 Å². The largest absolute Gasteiger partial charge is 0.495 e. The molecule has 0 saturated heterocycles. The van der Waals surface area contributed by atoms with Crippen LogP contribution in [0.1, 0.15) is 13.8 Å². The van der Waals surface area contributed by atoms with Crippen LogP contribution in [0, 0.1) is 10.1 Å². The lowest BCUT2D eigenvalue weighted by Crippen LogP contribution is -2.10. The molecule has 0 fully saturated rings. The van der Waals surface area contributed by atoms with Crippen LogP contribution < -0.4 is 10.2 Å². The normalized spacial score (nSPS) is 9.50. The van der Waals surface area contributed by atoms with Crippen LogP contribution in [0.4, 0.5) is 5.69 Å². The lowest BCUT2D eigenvalue weighted by molar-refractivity contribution is -0.386. The van der Waals surface area contributed by atoms with Crippen LogP contribution in [0.2, 0.25) is 0 Å². The molecule has 18 heavy (non-hydrogen) atoms. The van der Waals surface area contributed by atoms with Crippen molar-refractivity contribution in [2.75, 3.05) is 7.11 Å². The van der Waals surface area contributed by atoms with Crippen LogP contribution in [0.15, 0.2) is 23.3 Å². The maximum absolute atomic E-state index is 11.6. The van der Waals surface area contributed by atoms with Gasteiger partial charge in [-0.15, -0.1) is 0 Å². The minimum atomic E-state index is -0.746. The van der Waals surface area contributed by atoms with Crippen molar-refractivity contribution in [2.45, 2.75) is 13.8 Å². The molecule has 0 saturated carbocycles. The maximum atomic E-state index is 11.6. The van der Waals surface area contributed by atoms with Crippen molar-refractivity contribution in [1.29, 1.82) is 0 Å². The Morgan fingerprint density at radius 3 is 2.67 bits per heavy atom. The summed E-state index contributed by atoms with van der Waals surface area (Å²) in [4.78, 5) is 27.8. The average molecular weight is 251 g/mol. The molecule has 0 bridgehead atoms. The second-order valence-electron chi connectivity index (χ2n) is 3.03. The van der Waals surface area contributed by atoms with Crippen molar-refractivity contribution in [3.63, 3.8) is 0 Å². The van der Waals surface area contributed by atoms with Crippen LogP contribution in [0.25, 0.3) is 11.0 Å². The van der Waals surface area contributed by atoms with Crippen LogP contribution >= 0.6 is 0 Å². The van der Waals surface area contributed by atoms with Gasteiger partial charge in [-0.05, 0) is 0 Å². The summed E-state index contributed by atoms with van der Waals surface area (Å²) in [5, 5.41) is 10.5. The average Bonchev–Trinajstić information content (AvgIpc) is 2.40. The molecular formula is C11H13N3O4. The maximum Gasteiger partial charge on any atom is 0.334 e. The number of nitrogens with one attached hydrogen (secondary N) is 1. The molecule has 0 spiro atoms. The zero-order valence-electron chi connectivity index (χ0n) is 10.3. The van der Waals surface area contributed by atoms with Gasteiger partial charge in [0.2, 0.25) is 0 Å². The number of nitrogens with zero attached hydrogens (tertiary/aromatic N) is 2. The number of ether oxygens (including phenoxy) is 1. The molecule has 1 N–H and O–H groups in total. The molecule has 0 aliphatic heterocycles. The zero-order chi connectivity index (χ0) is 13.7. The van der Waals surface area contributed by atoms with Gasteiger partial charge in [-0.2, -0.15) is 0 Å². The molecule has 0 aliphatic carbocycles. The van der Waals surface area contributed by atoms with E-state index >= 15 is 0 Å². The number of aromatic amines is 1. The van der Waals surface area contributed by atoms with Gasteiger partial charge in [0.1, 0.15) is 11.3 Å². The molecule has 2 aromatic heterocycles. The SMILES string of the molecule is CC.COc1cnc2c(=O)c([N+](=O)[O-])c[nH]c2c1. The standard InChI is InChI=1S/C9H7N3O4.C2H6/c1-16-5-2-6-8(11-3-5)9(13)7(4-10-6)12(14)15;1-2/h2-4H,1H3,(H,10,13);1-2H3. The van der Waals surface area contributed by atoms with E-state index in [4.69, 9.17) is 4.74 Å². The summed E-state index contributed by atoms with van der Waals surface area (Å²) in [5.41, 5.74) is -0.809. The quantitative estimate of drug-likeness (QED) is 0.648. The number of H-pyrrole nitrogens is 1. The fraction of sp³-hybridized carbons (Fsp3) is 0.273. The van der Waals surface area contributed by atoms with Crippen molar-refractivity contribution in [1.82, 2.24) is 9.97 Å². The number of methoxy groups -OCH3 is 1. The van der Waals surface area contributed by atoms with Crippen LogP contribution in [-0.2, 0) is 0 Å². The van der Waals surface area contributed by atoms with Gasteiger partial charge >= 0.3 is 5.69 Å². The smallest absolute Gasteiger partial charge is 0.334 e. The molecule has 2 heterocycles. The Balaban J connectivity index is 0.000000771. The lowest BCUT2D eigenvalue weighted by atomic mass is 10.3. The molecule has 96 valence electrons. The highest BCUT2D eigenvalue weighted by Gasteiger charge is 2.15. The number of rotatable bonds is 2. The van der Waals surface area contributed by atoms with Gasteiger partial charge in [0.15, 0.2) is 0 Å². The van der Waals surface area contributed by atoms with E-state index in [-0.39, 0.29) is 5.52 Å². The predicted molar refractivity (Wildman–Crippen MR) is 66.9 cm³/mol. The number of fused-ring (bicyclic) bond motifs is 1. The van der Waals surface area contributed by atoms with E-state index in [1.807, 2.05) is 13.8 Å². The molecule has 2 rings (SSSR count). The Morgan fingerprint density at radius 1 is 1.44 bits per heavy atom. The van der Waals surface area contributed by atoms with Crippen molar-refractivity contribution in [3.05, 3.63) is 38.8 Å². The third kappa shape index (κ3) is 2.45. The summed E-state index contributed by atoms with van der Waals surface area (Å²) in [6.07, 6.45) is 2.38. The summed E-state index contributed by atoms with van der Waals surface area (Å²) < 4.78 is 4.92. The van der Waals surface area contributed by atoms with Crippen molar-refractivity contribution in [2.24, 2.45) is 0 Å². The van der Waals surface area contributed by atoms with E-state index in [2.05, 4.69) is 9.97 Å². The summed E-state index contributed by atoms with van der Waals surface area (Å²) in [6.45, 7) is 4.00. The van der Waals surface area contributed by atoms with E-state index < -0.39 is 16.0 Å². The molecule has 7 heteroatoms. The van der Waals surface area contributed by atoms with Gasteiger partial charge in [0.25, 0.3) is 5.43 Å². The van der Waals surface area contributed by atoms with Gasteiger partial charge < -0.3 is 9.72 Å². The number of aromatic nitrogens is 2. The first kappa shape index (κ1) is 13.6. The minimum absolute atomic E-state index is 0.0231. The fourth-order valence-electron chi connectivity index (χ4n) is 1.32. The highest BCUT2D eigenvalue weighted by molar-refractivity contribution is 5.76. The first-order chi connectivity index (χ1) is 8.63. The van der Waals surface area contributed by atoms with Gasteiger partial charge in [-0.1, -0.05) is 13.8 Å². The number of nitro groups is 1. The van der Waals surface area contributed by atoms with Gasteiger partial charge in [-0.25, -0.2) is 4.98 Å². The van der Waals surface area contributed by atoms with Crippen molar-refractivity contribution < 1.29 is 9.66 Å². The minimum Gasteiger partial charge on any atom is -0.495 e. The van der Waals surface area contributed by atoms with Crippen LogP contribution in [0.5, 0.6) is 5.75 Å². The van der Waals surface area contributed by atoms with E-state index in [0.29, 0.717) is 11.3 Å². The number of hydrogen-bond donors (Lipinski definition) is 1. The molecule has 0 amide bonds. The summed E-state index contributed by atoms with van der Waals surface area (Å²) >= 11 is 0. The molecule has 0 atom stereocenters. The Labute approximate surface area is 103 Å². The fourth-order valence-corrected chi connectivity index (χ4v) is 1.32. The van der Waals surface area contributed by atoms with Crippen molar-refractivity contribution >= 4 is 16.7 Å². The Bertz CT molecular complexity index is 621. The second kappa shape index (κ2) is 5.76. The highest BCUT2D eigenvalue weighted by Crippen LogP contribution is 2.15. The topological polar surface area (TPSA) is 98.1 Å². The van der Waals surface area contributed by atoms with Gasteiger partial charge in [0.05, 0.1) is 29.9 Å². The van der Waals surface area contributed by atoms with Gasteiger partial charge in [0, 0.05) is 6.07 Å². The third-order valence-electron chi connectivity index (χ3n) is 2.11. The van der Waals surface area contributed by atoms with Crippen LogP contribution in [-0.4, -0.2) is 22.0 Å². The first-order valence-electron chi connectivity index (χ1n) is 5.33. The Hall–Kier alpha value is -2.44. The van der Waals surface area contributed by atoms with E-state index in [9.17, 15) is 14.9 Å². The molecule has 0 aromatic carbocycles. The van der Waals surface area contributed by atoms with E-state index in [0.717, 1.165) is 6.20 Å². The third-order valence-corrected chi connectivity index (χ3v) is 2.11. The number of hydrogen-bond acceptors (Lipinski definition) is 5. The Kier molecular flexibility index (Phi) is 4.36. The summed E-state index contributed by atoms with van der Waals surface area (Å²) in [5.74, 6) is 0.469. The summed E-state index contributed by atoms with van der Waals surface area (Å²) in [7, 11) is 1.46. The zero-order valence-corrected chi connectivity index (χ0v) is 10.3. The predicted octanol–water partition coefficient (Wildman–Crippen LogP) is 1.87. The van der Waals surface area contributed by atoms with Crippen LogP contribution in [0.3, 0.4) is 0 Å². The van der Waals surface area contributed by atoms with E-state index in [1.165, 1.54) is 13.3 Å². The monoisotopic (exact) mass is 251 g/mol. The molecule has 2 aromatic rings. The molecule has 0 radical (unpaired) electrons. The molecular weight excluding hydrogens is 238 g/mol. The molecule has 0 aliphatic rings. The lowest BCUT2D eigenvalue weighted by Gasteiger charge is -2.00. The van der Waals surface area contributed by atoms with E-state index in [1.54, 1.807) is 6.07 Å². The Morgan fingerprint density at radius 2 is 2.11 bits per heavy atom. The van der Waals surface area contributed by atoms with Gasteiger partial charge in [-0.3, -0.25) is 14.9 Å². The number of pyridine rings is 2.